The molecule has 2 aliphatic rings. The van der Waals surface area contributed by atoms with E-state index in [9.17, 15) is 4.79 Å². The van der Waals surface area contributed by atoms with Crippen LogP contribution in [0.1, 0.15) is 17.7 Å². The van der Waals surface area contributed by atoms with Gasteiger partial charge in [-0.3, -0.25) is 9.69 Å². The molecule has 0 unspecified atom stereocenters. The highest BCUT2D eigenvalue weighted by Gasteiger charge is 2.41. The number of halogens is 1. The zero-order valence-electron chi connectivity index (χ0n) is 8.77. The second kappa shape index (κ2) is 4.19. The van der Waals surface area contributed by atoms with Gasteiger partial charge < -0.3 is 5.32 Å². The van der Waals surface area contributed by atoms with E-state index in [2.05, 4.69) is 21.2 Å². The van der Waals surface area contributed by atoms with E-state index in [1.165, 1.54) is 0 Å². The Morgan fingerprint density at radius 2 is 2.35 bits per heavy atom. The molecule has 1 amide bonds. The number of carbonyl (C=O) groups excluding carboxylic acids is 1. The van der Waals surface area contributed by atoms with Gasteiger partial charge in [-0.1, -0.05) is 0 Å². The number of amides is 1. The molecule has 17 heavy (non-hydrogen) atoms. The van der Waals surface area contributed by atoms with Gasteiger partial charge in [-0.05, 0) is 53.1 Å². The third-order valence-electron chi connectivity index (χ3n) is 2.70. The van der Waals surface area contributed by atoms with Crippen molar-refractivity contribution in [2.45, 2.75) is 18.9 Å². The zero-order valence-corrected chi connectivity index (χ0v) is 12.0. The molecule has 2 heterocycles. The smallest absolute Gasteiger partial charge is 0.276 e. The molecule has 88 valence electrons. The lowest BCUT2D eigenvalue weighted by Gasteiger charge is -2.11. The van der Waals surface area contributed by atoms with E-state index >= 15 is 0 Å². The number of nitrogens with one attached hydrogen (secondary N) is 1. The highest BCUT2D eigenvalue weighted by Crippen LogP contribution is 2.31. The van der Waals surface area contributed by atoms with Crippen LogP contribution in [0.15, 0.2) is 21.6 Å². The van der Waals surface area contributed by atoms with E-state index in [0.717, 1.165) is 22.2 Å². The molecule has 0 aromatic carbocycles. The molecule has 1 aliphatic carbocycles. The summed E-state index contributed by atoms with van der Waals surface area (Å²) < 4.78 is 1.03. The number of thiocarbonyl (C=S) groups is 1. The predicted octanol–water partition coefficient (Wildman–Crippen LogP) is 2.73. The van der Waals surface area contributed by atoms with Crippen molar-refractivity contribution in [1.82, 2.24) is 10.2 Å². The van der Waals surface area contributed by atoms with Crippen molar-refractivity contribution < 1.29 is 4.79 Å². The summed E-state index contributed by atoms with van der Waals surface area (Å²) in [5.41, 5.74) is 0.580. The maximum Gasteiger partial charge on any atom is 0.276 e. The first-order valence-electron chi connectivity index (χ1n) is 5.25. The summed E-state index contributed by atoms with van der Waals surface area (Å²) in [6.45, 7) is 0. The minimum absolute atomic E-state index is 0.00187. The molecule has 0 spiro atoms. The van der Waals surface area contributed by atoms with E-state index in [0.29, 0.717) is 16.9 Å². The van der Waals surface area contributed by atoms with Gasteiger partial charge in [0.2, 0.25) is 0 Å². The molecule has 1 aliphatic heterocycles. The Bertz CT molecular complexity index is 533. The third-order valence-corrected chi connectivity index (χ3v) is 4.64. The third kappa shape index (κ3) is 2.17. The SMILES string of the molecule is O=C1/C(=C\c2cc(Br)cs2)NC(=S)N1C1CC1. The highest BCUT2D eigenvalue weighted by molar-refractivity contribution is 9.10. The molecule has 1 N–H and O–H groups in total. The lowest BCUT2D eigenvalue weighted by molar-refractivity contribution is -0.122. The second-order valence-corrected chi connectivity index (χ2v) is 6.31. The number of hydrogen-bond acceptors (Lipinski definition) is 3. The number of rotatable bonds is 2. The van der Waals surface area contributed by atoms with Gasteiger partial charge in [0, 0.05) is 20.8 Å². The monoisotopic (exact) mass is 328 g/mol. The summed E-state index contributed by atoms with van der Waals surface area (Å²) in [6.07, 6.45) is 3.98. The van der Waals surface area contributed by atoms with Gasteiger partial charge in [0.15, 0.2) is 5.11 Å². The maximum absolute atomic E-state index is 12.1. The lowest BCUT2D eigenvalue weighted by atomic mass is 10.3. The largest absolute Gasteiger partial charge is 0.328 e. The topological polar surface area (TPSA) is 32.3 Å². The summed E-state index contributed by atoms with van der Waals surface area (Å²) in [6, 6.07) is 2.30. The quantitative estimate of drug-likeness (QED) is 0.669. The highest BCUT2D eigenvalue weighted by atomic mass is 79.9. The van der Waals surface area contributed by atoms with Crippen LogP contribution in [0.2, 0.25) is 0 Å². The first-order chi connectivity index (χ1) is 8.15. The minimum atomic E-state index is 0.00187. The van der Waals surface area contributed by atoms with Gasteiger partial charge in [0.25, 0.3) is 5.91 Å². The minimum Gasteiger partial charge on any atom is -0.328 e. The fourth-order valence-electron chi connectivity index (χ4n) is 1.76. The van der Waals surface area contributed by atoms with E-state index in [1.54, 1.807) is 16.2 Å². The molecular weight excluding hydrogens is 320 g/mol. The van der Waals surface area contributed by atoms with E-state index in [1.807, 2.05) is 17.5 Å². The molecule has 1 aromatic heterocycles. The van der Waals surface area contributed by atoms with Crippen molar-refractivity contribution in [3.8, 4) is 0 Å². The van der Waals surface area contributed by atoms with Crippen molar-refractivity contribution in [2.24, 2.45) is 0 Å². The first kappa shape index (κ1) is 11.4. The van der Waals surface area contributed by atoms with Gasteiger partial charge in [0.1, 0.15) is 5.70 Å². The Morgan fingerprint density at radius 1 is 1.59 bits per heavy atom. The normalized spacial score (nSPS) is 22.4. The van der Waals surface area contributed by atoms with Crippen LogP contribution < -0.4 is 5.32 Å². The van der Waals surface area contributed by atoms with Gasteiger partial charge >= 0.3 is 0 Å². The van der Waals surface area contributed by atoms with Crippen molar-refractivity contribution in [3.63, 3.8) is 0 Å². The van der Waals surface area contributed by atoms with E-state index < -0.39 is 0 Å². The summed E-state index contributed by atoms with van der Waals surface area (Å²) in [5, 5.41) is 5.52. The number of carbonyl (C=O) groups is 1. The van der Waals surface area contributed by atoms with E-state index in [4.69, 9.17) is 12.2 Å². The van der Waals surface area contributed by atoms with Gasteiger partial charge in [0.05, 0.1) is 0 Å². The Morgan fingerprint density at radius 3 is 2.94 bits per heavy atom. The fraction of sp³-hybridized carbons (Fsp3) is 0.273. The predicted molar refractivity (Wildman–Crippen MR) is 75.6 cm³/mol. The lowest BCUT2D eigenvalue weighted by Crippen LogP contribution is -2.32. The Labute approximate surface area is 117 Å². The van der Waals surface area contributed by atoms with Crippen molar-refractivity contribution in [2.75, 3.05) is 0 Å². The van der Waals surface area contributed by atoms with Crippen molar-refractivity contribution >= 4 is 56.6 Å². The average molecular weight is 329 g/mol. The summed E-state index contributed by atoms with van der Waals surface area (Å²) >= 11 is 10.2. The van der Waals surface area contributed by atoms with Crippen molar-refractivity contribution in [1.29, 1.82) is 0 Å². The maximum atomic E-state index is 12.1. The first-order valence-corrected chi connectivity index (χ1v) is 7.33. The van der Waals surface area contributed by atoms with E-state index in [-0.39, 0.29) is 5.91 Å². The van der Waals surface area contributed by atoms with Crippen LogP contribution in [0.25, 0.3) is 6.08 Å². The number of hydrogen-bond donors (Lipinski definition) is 1. The van der Waals surface area contributed by atoms with Crippen LogP contribution in [-0.2, 0) is 4.79 Å². The van der Waals surface area contributed by atoms with Gasteiger partial charge in [-0.25, -0.2) is 0 Å². The molecular formula is C11H9BrN2OS2. The summed E-state index contributed by atoms with van der Waals surface area (Å²) in [4.78, 5) is 14.8. The molecule has 1 saturated carbocycles. The van der Waals surface area contributed by atoms with Crippen LogP contribution >= 0.6 is 39.5 Å². The molecule has 0 bridgehead atoms. The Hall–Kier alpha value is -0.720. The molecule has 1 saturated heterocycles. The fourth-order valence-corrected chi connectivity index (χ4v) is 3.48. The zero-order chi connectivity index (χ0) is 12.0. The van der Waals surface area contributed by atoms with Crippen LogP contribution in [0.5, 0.6) is 0 Å². The molecule has 1 aromatic rings. The molecule has 0 radical (unpaired) electrons. The number of thiophene rings is 1. The van der Waals surface area contributed by atoms with Gasteiger partial charge in [-0.15, -0.1) is 11.3 Å². The Kier molecular flexibility index (Phi) is 2.80. The summed E-state index contributed by atoms with van der Waals surface area (Å²) in [5.74, 6) is 0.00187. The molecule has 3 rings (SSSR count). The van der Waals surface area contributed by atoms with Crippen molar-refractivity contribution in [3.05, 3.63) is 26.5 Å². The molecule has 6 heteroatoms. The standard InChI is InChI=1S/C11H9BrN2OS2/c12-6-3-8(17-5-6)4-9-10(15)14(7-1-2-7)11(16)13-9/h3-5,7H,1-2H2,(H,13,16)/b9-4+. The van der Waals surface area contributed by atoms with Crippen LogP contribution in [-0.4, -0.2) is 22.0 Å². The molecule has 3 nitrogen and oxygen atoms in total. The average Bonchev–Trinajstić information content (AvgIpc) is 2.96. The van der Waals surface area contributed by atoms with Crippen LogP contribution in [0.4, 0.5) is 0 Å². The molecule has 2 fully saturated rings. The van der Waals surface area contributed by atoms with Gasteiger partial charge in [-0.2, -0.15) is 0 Å². The Balaban J connectivity index is 1.87. The summed E-state index contributed by atoms with van der Waals surface area (Å²) in [7, 11) is 0. The van der Waals surface area contributed by atoms with Crippen LogP contribution in [0.3, 0.4) is 0 Å². The van der Waals surface area contributed by atoms with Crippen LogP contribution in [0, 0.1) is 0 Å². The second-order valence-electron chi connectivity index (χ2n) is 4.06. The molecule has 0 atom stereocenters. The number of nitrogens with zero attached hydrogens (tertiary/aromatic N) is 1.